The highest BCUT2D eigenvalue weighted by Crippen LogP contribution is 2.24. The van der Waals surface area contributed by atoms with Crippen molar-refractivity contribution in [2.24, 2.45) is 17.6 Å². The second-order valence-electron chi connectivity index (χ2n) is 6.03. The highest BCUT2D eigenvalue weighted by molar-refractivity contribution is 5.27. The minimum atomic E-state index is -0.0490. The molecule has 2 unspecified atom stereocenters. The highest BCUT2D eigenvalue weighted by atomic mass is 16.5. The summed E-state index contributed by atoms with van der Waals surface area (Å²) in [4.78, 5) is 0. The minimum absolute atomic E-state index is 0.0490. The average molecular weight is 263 g/mol. The summed E-state index contributed by atoms with van der Waals surface area (Å²) in [7, 11) is 0. The molecule has 0 bridgehead atoms. The van der Waals surface area contributed by atoms with Crippen molar-refractivity contribution in [2.45, 2.75) is 53.2 Å². The summed E-state index contributed by atoms with van der Waals surface area (Å²) in [6.07, 6.45) is 1.18. The molecule has 1 aromatic rings. The summed E-state index contributed by atoms with van der Waals surface area (Å²) >= 11 is 0. The molecule has 2 N–H and O–H groups in total. The van der Waals surface area contributed by atoms with Crippen LogP contribution in [0, 0.1) is 11.8 Å². The van der Waals surface area contributed by atoms with Gasteiger partial charge in [-0.3, -0.25) is 0 Å². The molecule has 2 heteroatoms. The first-order valence-electron chi connectivity index (χ1n) is 7.41. The Kier molecular flexibility index (Phi) is 6.53. The summed E-state index contributed by atoms with van der Waals surface area (Å²) < 4.78 is 5.82. The molecule has 0 aliphatic heterocycles. The van der Waals surface area contributed by atoms with E-state index in [0.29, 0.717) is 18.4 Å². The van der Waals surface area contributed by atoms with Gasteiger partial charge >= 0.3 is 0 Å². The molecule has 1 rings (SSSR count). The lowest BCUT2D eigenvalue weighted by Gasteiger charge is -2.27. The maximum Gasteiger partial charge on any atom is 0.0790 e. The number of hydrogen-bond donors (Lipinski definition) is 1. The van der Waals surface area contributed by atoms with Crippen molar-refractivity contribution in [3.05, 3.63) is 35.4 Å². The van der Waals surface area contributed by atoms with Crippen molar-refractivity contribution in [2.75, 3.05) is 6.61 Å². The second-order valence-corrected chi connectivity index (χ2v) is 6.03. The Morgan fingerprint density at radius 1 is 1.16 bits per heavy atom. The van der Waals surface area contributed by atoms with E-state index in [-0.39, 0.29) is 12.1 Å². The topological polar surface area (TPSA) is 35.2 Å². The van der Waals surface area contributed by atoms with Crippen LogP contribution in [0.1, 0.15) is 51.8 Å². The summed E-state index contributed by atoms with van der Waals surface area (Å²) in [5, 5.41) is 0. The minimum Gasteiger partial charge on any atom is -0.376 e. The van der Waals surface area contributed by atoms with Crippen molar-refractivity contribution in [1.82, 2.24) is 0 Å². The molecule has 19 heavy (non-hydrogen) atoms. The van der Waals surface area contributed by atoms with E-state index in [0.717, 1.165) is 6.42 Å². The van der Waals surface area contributed by atoms with Crippen LogP contribution >= 0.6 is 0 Å². The van der Waals surface area contributed by atoms with Crippen molar-refractivity contribution >= 4 is 0 Å². The number of nitrogens with two attached hydrogens (primary N) is 1. The van der Waals surface area contributed by atoms with Crippen LogP contribution in [0.3, 0.4) is 0 Å². The zero-order chi connectivity index (χ0) is 14.4. The quantitative estimate of drug-likeness (QED) is 0.808. The SMILES string of the molecule is CCOC(C(C)C)C(N)c1cccc(CC(C)C)c1. The van der Waals surface area contributed by atoms with Crippen LogP contribution in [0.2, 0.25) is 0 Å². The standard InChI is InChI=1S/C17H29NO/c1-6-19-17(13(4)5)16(18)15-9-7-8-14(11-15)10-12(2)3/h7-9,11-13,16-17H,6,10,18H2,1-5H3. The first-order chi connectivity index (χ1) is 8.95. The molecule has 0 radical (unpaired) electrons. The number of benzene rings is 1. The van der Waals surface area contributed by atoms with Crippen molar-refractivity contribution < 1.29 is 4.74 Å². The van der Waals surface area contributed by atoms with Gasteiger partial charge in [0.15, 0.2) is 0 Å². The summed E-state index contributed by atoms with van der Waals surface area (Å²) in [5.74, 6) is 1.09. The molecule has 108 valence electrons. The van der Waals surface area contributed by atoms with Crippen LogP contribution in [0.4, 0.5) is 0 Å². The number of hydrogen-bond acceptors (Lipinski definition) is 2. The van der Waals surface area contributed by atoms with E-state index in [1.54, 1.807) is 0 Å². The van der Waals surface area contributed by atoms with Crippen molar-refractivity contribution in [3.8, 4) is 0 Å². The van der Waals surface area contributed by atoms with Gasteiger partial charge in [0.05, 0.1) is 12.1 Å². The zero-order valence-corrected chi connectivity index (χ0v) is 13.0. The molecule has 2 atom stereocenters. The Morgan fingerprint density at radius 2 is 1.84 bits per heavy atom. The van der Waals surface area contributed by atoms with E-state index in [9.17, 15) is 0 Å². The molecule has 0 fully saturated rings. The molecular formula is C17H29NO. The van der Waals surface area contributed by atoms with Gasteiger partial charge in [-0.1, -0.05) is 52.0 Å². The molecule has 0 saturated heterocycles. The lowest BCUT2D eigenvalue weighted by Crippen LogP contribution is -2.33. The highest BCUT2D eigenvalue weighted by Gasteiger charge is 2.23. The van der Waals surface area contributed by atoms with Gasteiger partial charge < -0.3 is 10.5 Å². The summed E-state index contributed by atoms with van der Waals surface area (Å²) in [6, 6.07) is 8.59. The fourth-order valence-electron chi connectivity index (χ4n) is 2.49. The Balaban J connectivity index is 2.88. The zero-order valence-electron chi connectivity index (χ0n) is 13.0. The Morgan fingerprint density at radius 3 is 2.37 bits per heavy atom. The molecule has 2 nitrogen and oxygen atoms in total. The third kappa shape index (κ3) is 4.96. The molecule has 0 aliphatic carbocycles. The fourth-order valence-corrected chi connectivity index (χ4v) is 2.49. The van der Waals surface area contributed by atoms with Crippen molar-refractivity contribution in [3.63, 3.8) is 0 Å². The summed E-state index contributed by atoms with van der Waals surface area (Å²) in [6.45, 7) is 11.5. The van der Waals surface area contributed by atoms with E-state index < -0.39 is 0 Å². The lowest BCUT2D eigenvalue weighted by atomic mass is 9.92. The van der Waals surface area contributed by atoms with E-state index in [4.69, 9.17) is 10.5 Å². The van der Waals surface area contributed by atoms with E-state index >= 15 is 0 Å². The fraction of sp³-hybridized carbons (Fsp3) is 0.647. The van der Waals surface area contributed by atoms with Crippen LogP contribution < -0.4 is 5.73 Å². The van der Waals surface area contributed by atoms with Crippen LogP contribution in [-0.2, 0) is 11.2 Å². The van der Waals surface area contributed by atoms with Crippen LogP contribution in [-0.4, -0.2) is 12.7 Å². The Hall–Kier alpha value is -0.860. The van der Waals surface area contributed by atoms with Gasteiger partial charge in [-0.05, 0) is 36.3 Å². The first-order valence-corrected chi connectivity index (χ1v) is 7.41. The third-order valence-corrected chi connectivity index (χ3v) is 3.35. The monoisotopic (exact) mass is 263 g/mol. The van der Waals surface area contributed by atoms with Gasteiger partial charge in [-0.15, -0.1) is 0 Å². The van der Waals surface area contributed by atoms with Crippen molar-refractivity contribution in [1.29, 1.82) is 0 Å². The lowest BCUT2D eigenvalue weighted by molar-refractivity contribution is 0.0121. The molecule has 0 heterocycles. The number of rotatable bonds is 7. The third-order valence-electron chi connectivity index (χ3n) is 3.35. The first kappa shape index (κ1) is 16.2. The Bertz CT molecular complexity index is 373. The maximum atomic E-state index is 6.40. The van der Waals surface area contributed by atoms with Gasteiger partial charge in [0.25, 0.3) is 0 Å². The van der Waals surface area contributed by atoms with Gasteiger partial charge in [-0.25, -0.2) is 0 Å². The van der Waals surface area contributed by atoms with Gasteiger partial charge in [0.1, 0.15) is 0 Å². The molecule has 0 aliphatic rings. The molecular weight excluding hydrogens is 234 g/mol. The largest absolute Gasteiger partial charge is 0.376 e. The normalized spacial score (nSPS) is 14.9. The van der Waals surface area contributed by atoms with Gasteiger partial charge in [-0.2, -0.15) is 0 Å². The van der Waals surface area contributed by atoms with Crippen LogP contribution in [0.15, 0.2) is 24.3 Å². The smallest absolute Gasteiger partial charge is 0.0790 e. The van der Waals surface area contributed by atoms with Gasteiger partial charge in [0, 0.05) is 6.61 Å². The molecule has 1 aromatic carbocycles. The predicted octanol–water partition coefficient (Wildman–Crippen LogP) is 3.95. The maximum absolute atomic E-state index is 6.40. The van der Waals surface area contributed by atoms with E-state index in [1.165, 1.54) is 11.1 Å². The van der Waals surface area contributed by atoms with E-state index in [1.807, 2.05) is 6.92 Å². The molecule has 0 amide bonds. The molecule has 0 spiro atoms. The van der Waals surface area contributed by atoms with Gasteiger partial charge in [0.2, 0.25) is 0 Å². The van der Waals surface area contributed by atoms with Crippen LogP contribution in [0.25, 0.3) is 0 Å². The summed E-state index contributed by atoms with van der Waals surface area (Å²) in [5.41, 5.74) is 8.95. The molecule has 0 saturated carbocycles. The Labute approximate surface area is 118 Å². The predicted molar refractivity (Wildman–Crippen MR) is 82.2 cm³/mol. The average Bonchev–Trinajstić information content (AvgIpc) is 2.34. The molecule has 0 aromatic heterocycles. The number of ether oxygens (including phenoxy) is 1. The van der Waals surface area contributed by atoms with Crippen LogP contribution in [0.5, 0.6) is 0 Å². The van der Waals surface area contributed by atoms with E-state index in [2.05, 4.69) is 52.0 Å². The second kappa shape index (κ2) is 7.66.